The number of ether oxygens (including phenoxy) is 1. The highest BCUT2D eigenvalue weighted by Gasteiger charge is 2.19. The summed E-state index contributed by atoms with van der Waals surface area (Å²) in [6.45, 7) is 0.100. The van der Waals surface area contributed by atoms with E-state index in [1.165, 1.54) is 6.42 Å². The van der Waals surface area contributed by atoms with Crippen LogP contribution in [0, 0.1) is 0 Å². The molecule has 1 atom stereocenters. The summed E-state index contributed by atoms with van der Waals surface area (Å²) in [5.74, 6) is 0.460. The fourth-order valence-corrected chi connectivity index (χ4v) is 3.09. The van der Waals surface area contributed by atoms with E-state index in [9.17, 15) is 4.79 Å². The molecule has 2 rings (SSSR count). The largest absolute Gasteiger partial charge is 0.461 e. The van der Waals surface area contributed by atoms with Crippen LogP contribution in [0.15, 0.2) is 30.3 Å². The van der Waals surface area contributed by atoms with Gasteiger partial charge < -0.3 is 13.8 Å². The highest BCUT2D eigenvalue weighted by Crippen LogP contribution is 2.33. The van der Waals surface area contributed by atoms with Gasteiger partial charge in [-0.15, -0.1) is 0 Å². The molecule has 1 aromatic rings. The number of nitrogens with one attached hydrogen (secondary N) is 1. The van der Waals surface area contributed by atoms with Crippen LogP contribution in [0.2, 0.25) is 0 Å². The van der Waals surface area contributed by atoms with Crippen molar-refractivity contribution in [2.45, 2.75) is 38.2 Å². The lowest BCUT2D eigenvalue weighted by Crippen LogP contribution is -2.28. The molecule has 1 fully saturated rings. The first-order valence-corrected chi connectivity index (χ1v) is 8.46. The zero-order valence-electron chi connectivity index (χ0n) is 12.3. The molecule has 1 saturated carbocycles. The summed E-state index contributed by atoms with van der Waals surface area (Å²) in [7, 11) is 0.208. The molecule has 1 aromatic carbocycles. The van der Waals surface area contributed by atoms with Gasteiger partial charge in [0.15, 0.2) is 0 Å². The lowest BCUT2D eigenvalue weighted by Gasteiger charge is -2.22. The molecule has 0 bridgehead atoms. The minimum atomic E-state index is -1.34. The number of para-hydroxylation sites is 1. The summed E-state index contributed by atoms with van der Waals surface area (Å²) < 4.78 is 16.3. The van der Waals surface area contributed by atoms with E-state index in [4.69, 9.17) is 13.8 Å². The number of benzene rings is 1. The van der Waals surface area contributed by atoms with E-state index < -0.39 is 8.53 Å². The van der Waals surface area contributed by atoms with Crippen LogP contribution in [0.1, 0.15) is 32.1 Å². The lowest BCUT2D eigenvalue weighted by atomic mass is 9.98. The van der Waals surface area contributed by atoms with Gasteiger partial charge in [0, 0.05) is 7.11 Å². The quantitative estimate of drug-likeness (QED) is 0.618. The second kappa shape index (κ2) is 8.98. The molecule has 0 aromatic heterocycles. The SMILES string of the molecule is COP(NCC(=O)OC1CCCCC1)Oc1ccccc1. The molecule has 0 aliphatic heterocycles. The van der Waals surface area contributed by atoms with Gasteiger partial charge in [-0.2, -0.15) is 0 Å². The maximum absolute atomic E-state index is 11.8. The van der Waals surface area contributed by atoms with E-state index in [2.05, 4.69) is 5.09 Å². The molecule has 0 saturated heterocycles. The minimum Gasteiger partial charge on any atom is -0.461 e. The maximum atomic E-state index is 11.8. The Morgan fingerprint density at radius 1 is 1.24 bits per heavy atom. The summed E-state index contributed by atoms with van der Waals surface area (Å²) in [6.07, 6.45) is 5.57. The topological polar surface area (TPSA) is 56.8 Å². The van der Waals surface area contributed by atoms with Crippen molar-refractivity contribution in [3.05, 3.63) is 30.3 Å². The number of hydrogen-bond acceptors (Lipinski definition) is 5. The van der Waals surface area contributed by atoms with Crippen LogP contribution in [0.5, 0.6) is 5.75 Å². The van der Waals surface area contributed by atoms with Gasteiger partial charge in [0.25, 0.3) is 0 Å². The van der Waals surface area contributed by atoms with Crippen LogP contribution in [0.25, 0.3) is 0 Å². The smallest absolute Gasteiger partial charge is 0.320 e. The highest BCUT2D eigenvalue weighted by molar-refractivity contribution is 7.45. The molecule has 0 heterocycles. The molecule has 0 amide bonds. The monoisotopic (exact) mass is 311 g/mol. The van der Waals surface area contributed by atoms with Gasteiger partial charge in [0.1, 0.15) is 18.4 Å². The van der Waals surface area contributed by atoms with Crippen molar-refractivity contribution in [2.75, 3.05) is 13.7 Å². The number of carbonyl (C=O) groups excluding carboxylic acids is 1. The molecule has 0 radical (unpaired) electrons. The van der Waals surface area contributed by atoms with Crippen LogP contribution in [0.4, 0.5) is 0 Å². The molecule has 1 N–H and O–H groups in total. The maximum Gasteiger partial charge on any atom is 0.320 e. The number of esters is 1. The molecule has 21 heavy (non-hydrogen) atoms. The van der Waals surface area contributed by atoms with Gasteiger partial charge in [-0.3, -0.25) is 4.79 Å². The Kier molecular flexibility index (Phi) is 6.93. The number of rotatable bonds is 7. The zero-order valence-corrected chi connectivity index (χ0v) is 13.2. The van der Waals surface area contributed by atoms with E-state index in [1.807, 2.05) is 30.3 Å². The van der Waals surface area contributed by atoms with Crippen LogP contribution in [0.3, 0.4) is 0 Å². The standard InChI is InChI=1S/C15H22NO4P/c1-18-21(20-14-10-6-3-7-11-14)16-12-15(17)19-13-8-4-2-5-9-13/h3,6-7,10-11,13,16H,2,4-5,8-9,12H2,1H3. The van der Waals surface area contributed by atoms with Gasteiger partial charge in [0.05, 0.1) is 0 Å². The first kappa shape index (κ1) is 16.2. The van der Waals surface area contributed by atoms with Gasteiger partial charge >= 0.3 is 14.5 Å². The molecule has 1 aliphatic carbocycles. The fourth-order valence-electron chi connectivity index (χ4n) is 2.25. The van der Waals surface area contributed by atoms with Crippen LogP contribution < -0.4 is 9.61 Å². The summed E-state index contributed by atoms with van der Waals surface area (Å²) in [4.78, 5) is 11.8. The van der Waals surface area contributed by atoms with Crippen molar-refractivity contribution in [3.63, 3.8) is 0 Å². The van der Waals surface area contributed by atoms with Crippen molar-refractivity contribution < 1.29 is 18.6 Å². The van der Waals surface area contributed by atoms with Crippen LogP contribution in [-0.2, 0) is 14.1 Å². The Labute approximate surface area is 126 Å². The van der Waals surface area contributed by atoms with Crippen molar-refractivity contribution in [2.24, 2.45) is 0 Å². The summed E-state index contributed by atoms with van der Waals surface area (Å²) in [6, 6.07) is 9.37. The molecule has 1 unspecified atom stereocenters. The van der Waals surface area contributed by atoms with Gasteiger partial charge in [-0.05, 0) is 37.8 Å². The second-order valence-electron chi connectivity index (χ2n) is 4.93. The summed E-state index contributed by atoms with van der Waals surface area (Å²) in [5, 5.41) is 2.95. The van der Waals surface area contributed by atoms with E-state index in [0.717, 1.165) is 25.7 Å². The van der Waals surface area contributed by atoms with Crippen molar-refractivity contribution >= 4 is 14.5 Å². The van der Waals surface area contributed by atoms with Gasteiger partial charge in [-0.1, -0.05) is 24.6 Å². The van der Waals surface area contributed by atoms with Crippen molar-refractivity contribution in [1.29, 1.82) is 0 Å². The average Bonchev–Trinajstić information content (AvgIpc) is 2.53. The first-order chi connectivity index (χ1) is 10.3. The Morgan fingerprint density at radius 3 is 2.62 bits per heavy atom. The predicted octanol–water partition coefficient (Wildman–Crippen LogP) is 3.40. The van der Waals surface area contributed by atoms with Crippen molar-refractivity contribution in [3.8, 4) is 5.75 Å². The Hall–Kier alpha value is -1.16. The Bertz CT molecular complexity index is 423. The average molecular weight is 311 g/mol. The van der Waals surface area contributed by atoms with E-state index >= 15 is 0 Å². The first-order valence-electron chi connectivity index (χ1n) is 7.28. The third-order valence-electron chi connectivity index (χ3n) is 3.30. The second-order valence-corrected chi connectivity index (χ2v) is 6.31. The van der Waals surface area contributed by atoms with Crippen molar-refractivity contribution in [1.82, 2.24) is 5.09 Å². The Balaban J connectivity index is 1.70. The molecule has 6 heteroatoms. The molecular weight excluding hydrogens is 289 g/mol. The highest BCUT2D eigenvalue weighted by atomic mass is 31.2. The van der Waals surface area contributed by atoms with E-state index in [0.29, 0.717) is 5.75 Å². The minimum absolute atomic E-state index is 0.0804. The third kappa shape index (κ3) is 6.00. The molecule has 116 valence electrons. The van der Waals surface area contributed by atoms with Crippen LogP contribution >= 0.6 is 8.53 Å². The van der Waals surface area contributed by atoms with Gasteiger partial charge in [0.2, 0.25) is 0 Å². The zero-order chi connectivity index (χ0) is 14.9. The summed E-state index contributed by atoms with van der Waals surface area (Å²) >= 11 is 0. The normalized spacial score (nSPS) is 17.2. The molecule has 5 nitrogen and oxygen atoms in total. The Morgan fingerprint density at radius 2 is 1.95 bits per heavy atom. The van der Waals surface area contributed by atoms with E-state index in [-0.39, 0.29) is 18.6 Å². The summed E-state index contributed by atoms with van der Waals surface area (Å²) in [5.41, 5.74) is 0. The van der Waals surface area contributed by atoms with Crippen LogP contribution in [-0.4, -0.2) is 25.7 Å². The lowest BCUT2D eigenvalue weighted by molar-refractivity contribution is -0.149. The number of hydrogen-bond donors (Lipinski definition) is 1. The molecule has 0 spiro atoms. The fraction of sp³-hybridized carbons (Fsp3) is 0.533. The number of carbonyl (C=O) groups is 1. The predicted molar refractivity (Wildman–Crippen MR) is 82.0 cm³/mol. The molecule has 1 aliphatic rings. The molecular formula is C15H22NO4P. The van der Waals surface area contributed by atoms with Gasteiger partial charge in [-0.25, -0.2) is 5.09 Å². The van der Waals surface area contributed by atoms with E-state index in [1.54, 1.807) is 7.11 Å². The third-order valence-corrected chi connectivity index (χ3v) is 4.42.